The molecule has 1 N–H and O–H groups in total. The highest BCUT2D eigenvalue weighted by Crippen LogP contribution is 2.29. The Kier molecular flexibility index (Phi) is 4.24. The predicted molar refractivity (Wildman–Crippen MR) is 80.7 cm³/mol. The molecule has 18 heavy (non-hydrogen) atoms. The summed E-state index contributed by atoms with van der Waals surface area (Å²) in [5, 5.41) is 3.25. The fraction of sp³-hybridized carbons (Fsp3) is 0.154. The Hall–Kier alpha value is -1.07. The molecule has 0 fully saturated rings. The number of aryl methyl sites for hydroxylation is 1. The Balaban J connectivity index is 2.23. The molecule has 0 atom stereocenters. The summed E-state index contributed by atoms with van der Waals surface area (Å²) < 4.78 is 7.10. The lowest BCUT2D eigenvalue weighted by molar-refractivity contribution is 0.412. The number of rotatable bonds is 3. The van der Waals surface area contributed by atoms with Crippen LogP contribution in [0.4, 0.5) is 11.5 Å². The zero-order valence-electron chi connectivity index (χ0n) is 10.00. The number of hydrogen-bond acceptors (Lipinski definition) is 3. The van der Waals surface area contributed by atoms with Gasteiger partial charge in [0.05, 0.1) is 11.6 Å². The van der Waals surface area contributed by atoms with E-state index >= 15 is 0 Å². The third-order valence-electron chi connectivity index (χ3n) is 2.47. The number of ether oxygens (including phenoxy) is 1. The molecule has 0 radical (unpaired) electrons. The van der Waals surface area contributed by atoms with Gasteiger partial charge in [-0.25, -0.2) is 4.98 Å². The lowest BCUT2D eigenvalue weighted by atomic mass is 10.2. The predicted octanol–water partition coefficient (Wildman–Crippen LogP) is 4.67. The summed E-state index contributed by atoms with van der Waals surface area (Å²) in [5.41, 5.74) is 2.09. The van der Waals surface area contributed by atoms with Crippen LogP contribution in [0.1, 0.15) is 5.56 Å². The van der Waals surface area contributed by atoms with Gasteiger partial charge in [-0.15, -0.1) is 0 Å². The molecular formula is C13H12Br2N2O. The third-order valence-corrected chi connectivity index (χ3v) is 3.92. The number of benzene rings is 1. The fourth-order valence-electron chi connectivity index (χ4n) is 1.50. The maximum absolute atomic E-state index is 5.19. The summed E-state index contributed by atoms with van der Waals surface area (Å²) >= 11 is 6.88. The maximum Gasteiger partial charge on any atom is 0.133 e. The van der Waals surface area contributed by atoms with Crippen LogP contribution in [0.15, 0.2) is 39.4 Å². The van der Waals surface area contributed by atoms with Gasteiger partial charge in [0, 0.05) is 16.4 Å². The standard InChI is InChI=1S/C13H12Br2N2O/c1-8-5-13(16-7-11(8)15)17-9-3-4-12(18-2)10(14)6-9/h3-7H,1-2H3,(H,16,17). The largest absolute Gasteiger partial charge is 0.496 e. The lowest BCUT2D eigenvalue weighted by Crippen LogP contribution is -1.95. The van der Waals surface area contributed by atoms with Gasteiger partial charge < -0.3 is 10.1 Å². The van der Waals surface area contributed by atoms with E-state index in [0.717, 1.165) is 31.8 Å². The first-order chi connectivity index (χ1) is 8.60. The van der Waals surface area contributed by atoms with E-state index in [1.165, 1.54) is 0 Å². The van der Waals surface area contributed by atoms with Crippen molar-refractivity contribution in [3.8, 4) is 5.75 Å². The summed E-state index contributed by atoms with van der Waals surface area (Å²) in [6.45, 7) is 2.03. The Morgan fingerprint density at radius 3 is 2.56 bits per heavy atom. The van der Waals surface area contributed by atoms with Crippen molar-refractivity contribution in [2.45, 2.75) is 6.92 Å². The van der Waals surface area contributed by atoms with E-state index in [1.54, 1.807) is 13.3 Å². The fourth-order valence-corrected chi connectivity index (χ4v) is 2.26. The number of nitrogens with zero attached hydrogens (tertiary/aromatic N) is 1. The minimum atomic E-state index is 0.806. The molecule has 0 aliphatic heterocycles. The van der Waals surface area contributed by atoms with Gasteiger partial charge in [0.15, 0.2) is 0 Å². The molecule has 94 valence electrons. The second-order valence-electron chi connectivity index (χ2n) is 3.79. The minimum absolute atomic E-state index is 0.806. The number of anilines is 2. The summed E-state index contributed by atoms with van der Waals surface area (Å²) in [4.78, 5) is 4.30. The molecule has 0 spiro atoms. The average molecular weight is 372 g/mol. The normalized spacial score (nSPS) is 10.2. The topological polar surface area (TPSA) is 34.1 Å². The molecule has 2 aromatic rings. The highest BCUT2D eigenvalue weighted by atomic mass is 79.9. The van der Waals surface area contributed by atoms with Crippen LogP contribution in [0, 0.1) is 6.92 Å². The first-order valence-electron chi connectivity index (χ1n) is 5.33. The van der Waals surface area contributed by atoms with Crippen LogP contribution in [0.2, 0.25) is 0 Å². The Morgan fingerprint density at radius 2 is 1.94 bits per heavy atom. The number of methoxy groups -OCH3 is 1. The van der Waals surface area contributed by atoms with Crippen molar-refractivity contribution in [1.29, 1.82) is 0 Å². The van der Waals surface area contributed by atoms with Crippen molar-refractivity contribution in [2.24, 2.45) is 0 Å². The first kappa shape index (κ1) is 13.4. The number of aromatic nitrogens is 1. The van der Waals surface area contributed by atoms with Gasteiger partial charge in [0.1, 0.15) is 11.6 Å². The van der Waals surface area contributed by atoms with Gasteiger partial charge in [-0.3, -0.25) is 0 Å². The average Bonchev–Trinajstić information content (AvgIpc) is 2.34. The maximum atomic E-state index is 5.19. The highest BCUT2D eigenvalue weighted by molar-refractivity contribution is 9.10. The zero-order chi connectivity index (χ0) is 13.1. The summed E-state index contributed by atoms with van der Waals surface area (Å²) in [6.07, 6.45) is 1.79. The Bertz CT molecular complexity index is 573. The Morgan fingerprint density at radius 1 is 1.17 bits per heavy atom. The minimum Gasteiger partial charge on any atom is -0.496 e. The van der Waals surface area contributed by atoms with Crippen LogP contribution in [0.25, 0.3) is 0 Å². The van der Waals surface area contributed by atoms with E-state index in [2.05, 4.69) is 42.2 Å². The Labute approximate surface area is 123 Å². The molecule has 3 nitrogen and oxygen atoms in total. The van der Waals surface area contributed by atoms with Crippen molar-refractivity contribution in [1.82, 2.24) is 4.98 Å². The summed E-state index contributed by atoms with van der Waals surface area (Å²) in [7, 11) is 1.65. The highest BCUT2D eigenvalue weighted by Gasteiger charge is 2.03. The van der Waals surface area contributed by atoms with Gasteiger partial charge >= 0.3 is 0 Å². The van der Waals surface area contributed by atoms with Crippen molar-refractivity contribution in [3.63, 3.8) is 0 Å². The van der Waals surface area contributed by atoms with E-state index in [0.29, 0.717) is 0 Å². The molecule has 1 aromatic heterocycles. The molecule has 0 saturated heterocycles. The molecular weight excluding hydrogens is 360 g/mol. The molecule has 0 bridgehead atoms. The molecule has 0 aliphatic carbocycles. The SMILES string of the molecule is COc1ccc(Nc2cc(C)c(Br)cn2)cc1Br. The summed E-state index contributed by atoms with van der Waals surface area (Å²) in [5.74, 6) is 1.62. The van der Waals surface area contributed by atoms with Crippen LogP contribution in [-0.2, 0) is 0 Å². The van der Waals surface area contributed by atoms with Crippen LogP contribution in [-0.4, -0.2) is 12.1 Å². The molecule has 1 aromatic carbocycles. The quantitative estimate of drug-likeness (QED) is 0.851. The second kappa shape index (κ2) is 5.71. The van der Waals surface area contributed by atoms with Gasteiger partial charge in [0.2, 0.25) is 0 Å². The molecule has 5 heteroatoms. The van der Waals surface area contributed by atoms with Crippen molar-refractivity contribution >= 4 is 43.4 Å². The van der Waals surface area contributed by atoms with E-state index in [9.17, 15) is 0 Å². The van der Waals surface area contributed by atoms with E-state index in [1.807, 2.05) is 31.2 Å². The van der Waals surface area contributed by atoms with Gasteiger partial charge in [-0.1, -0.05) is 0 Å². The van der Waals surface area contributed by atoms with Crippen molar-refractivity contribution in [3.05, 3.63) is 45.0 Å². The van der Waals surface area contributed by atoms with Gasteiger partial charge in [-0.2, -0.15) is 0 Å². The molecule has 0 unspecified atom stereocenters. The molecule has 1 heterocycles. The number of halogens is 2. The van der Waals surface area contributed by atoms with Gasteiger partial charge in [0.25, 0.3) is 0 Å². The van der Waals surface area contributed by atoms with E-state index in [-0.39, 0.29) is 0 Å². The number of pyridine rings is 1. The van der Waals surface area contributed by atoms with Crippen molar-refractivity contribution in [2.75, 3.05) is 12.4 Å². The molecule has 2 rings (SSSR count). The van der Waals surface area contributed by atoms with Crippen LogP contribution in [0.3, 0.4) is 0 Å². The van der Waals surface area contributed by atoms with Gasteiger partial charge in [-0.05, 0) is 68.6 Å². The number of hydrogen-bond donors (Lipinski definition) is 1. The van der Waals surface area contributed by atoms with Crippen LogP contribution < -0.4 is 10.1 Å². The smallest absolute Gasteiger partial charge is 0.133 e. The first-order valence-corrected chi connectivity index (χ1v) is 6.91. The number of nitrogens with one attached hydrogen (secondary N) is 1. The van der Waals surface area contributed by atoms with E-state index < -0.39 is 0 Å². The van der Waals surface area contributed by atoms with E-state index in [4.69, 9.17) is 4.74 Å². The molecule has 0 aliphatic rings. The molecule has 0 amide bonds. The lowest BCUT2D eigenvalue weighted by Gasteiger charge is -2.09. The second-order valence-corrected chi connectivity index (χ2v) is 5.50. The zero-order valence-corrected chi connectivity index (χ0v) is 13.2. The van der Waals surface area contributed by atoms with Crippen LogP contribution in [0.5, 0.6) is 5.75 Å². The monoisotopic (exact) mass is 370 g/mol. The summed E-state index contributed by atoms with van der Waals surface area (Å²) in [6, 6.07) is 7.79. The molecule has 0 saturated carbocycles. The van der Waals surface area contributed by atoms with Crippen LogP contribution >= 0.6 is 31.9 Å². The third kappa shape index (κ3) is 3.03. The van der Waals surface area contributed by atoms with Crippen molar-refractivity contribution < 1.29 is 4.74 Å².